The van der Waals surface area contributed by atoms with Crippen molar-refractivity contribution in [2.24, 2.45) is 0 Å². The fourth-order valence-corrected chi connectivity index (χ4v) is 1.81. The number of carbonyl (C=O) groups excluding carboxylic acids is 1. The van der Waals surface area contributed by atoms with E-state index in [0.717, 1.165) is 0 Å². The zero-order chi connectivity index (χ0) is 11.7. The molecule has 0 bridgehead atoms. The van der Waals surface area contributed by atoms with Gasteiger partial charge >= 0.3 is 0 Å². The number of hydrogen-bond donors (Lipinski definition) is 1. The van der Waals surface area contributed by atoms with Crippen LogP contribution in [0.3, 0.4) is 0 Å². The molecule has 1 amide bonds. The molecule has 0 aliphatic carbocycles. The van der Waals surface area contributed by atoms with Gasteiger partial charge in [0.2, 0.25) is 0 Å². The Morgan fingerprint density at radius 2 is 2.38 bits per heavy atom. The quantitative estimate of drug-likeness (QED) is 0.853. The van der Waals surface area contributed by atoms with Crippen molar-refractivity contribution in [1.29, 1.82) is 0 Å². The van der Waals surface area contributed by atoms with Crippen LogP contribution in [0, 0.1) is 0 Å². The molecule has 2 rings (SSSR count). The van der Waals surface area contributed by atoms with Crippen molar-refractivity contribution in [3.63, 3.8) is 0 Å². The van der Waals surface area contributed by atoms with Crippen molar-refractivity contribution in [3.05, 3.63) is 23.2 Å². The minimum Gasteiger partial charge on any atom is -0.482 e. The van der Waals surface area contributed by atoms with E-state index in [4.69, 9.17) is 16.3 Å². The van der Waals surface area contributed by atoms with Gasteiger partial charge in [-0.25, -0.2) is 0 Å². The molecule has 1 aromatic carbocycles. The lowest BCUT2D eigenvalue weighted by atomic mass is 10.2. The number of amides is 1. The van der Waals surface area contributed by atoms with Crippen LogP contribution in [-0.2, 0) is 4.79 Å². The number of benzene rings is 1. The fourth-order valence-electron chi connectivity index (χ4n) is 1.64. The first-order valence-electron chi connectivity index (χ1n) is 4.98. The molecule has 0 saturated carbocycles. The molecule has 1 aliphatic rings. The molecular weight excluding hydrogens is 230 g/mol. The van der Waals surface area contributed by atoms with Crippen molar-refractivity contribution >= 4 is 23.2 Å². The summed E-state index contributed by atoms with van der Waals surface area (Å²) in [6.07, 6.45) is -0.589. The summed E-state index contributed by atoms with van der Waals surface area (Å²) in [5, 5.41) is 9.88. The van der Waals surface area contributed by atoms with Gasteiger partial charge in [0.05, 0.1) is 18.3 Å². The molecule has 0 fully saturated rings. The van der Waals surface area contributed by atoms with E-state index >= 15 is 0 Å². The molecule has 4 nitrogen and oxygen atoms in total. The van der Waals surface area contributed by atoms with Gasteiger partial charge in [-0.3, -0.25) is 4.79 Å². The highest BCUT2D eigenvalue weighted by atomic mass is 35.5. The van der Waals surface area contributed by atoms with E-state index < -0.39 is 6.10 Å². The van der Waals surface area contributed by atoms with E-state index in [1.54, 1.807) is 25.1 Å². The summed E-state index contributed by atoms with van der Waals surface area (Å²) in [5.74, 6) is 0.445. The molecule has 1 heterocycles. The van der Waals surface area contributed by atoms with Gasteiger partial charge in [0, 0.05) is 5.02 Å². The lowest BCUT2D eigenvalue weighted by Gasteiger charge is -2.30. The van der Waals surface area contributed by atoms with Crippen molar-refractivity contribution in [3.8, 4) is 5.75 Å². The van der Waals surface area contributed by atoms with Gasteiger partial charge in [0.25, 0.3) is 5.91 Å². The number of fused-ring (bicyclic) bond motifs is 1. The monoisotopic (exact) mass is 241 g/mol. The van der Waals surface area contributed by atoms with Crippen LogP contribution in [0.5, 0.6) is 5.75 Å². The third kappa shape index (κ3) is 2.13. The molecule has 1 N–H and O–H groups in total. The topological polar surface area (TPSA) is 49.8 Å². The van der Waals surface area contributed by atoms with Crippen LogP contribution in [-0.4, -0.2) is 30.3 Å². The van der Waals surface area contributed by atoms with Gasteiger partial charge in [0.1, 0.15) is 5.75 Å². The van der Waals surface area contributed by atoms with Gasteiger partial charge in [-0.15, -0.1) is 0 Å². The fraction of sp³-hybridized carbons (Fsp3) is 0.364. The van der Waals surface area contributed by atoms with Gasteiger partial charge in [-0.05, 0) is 25.1 Å². The van der Waals surface area contributed by atoms with Gasteiger partial charge in [-0.1, -0.05) is 11.6 Å². The Kier molecular flexibility index (Phi) is 3.03. The number of carbonyl (C=O) groups is 1. The van der Waals surface area contributed by atoms with E-state index in [0.29, 0.717) is 16.5 Å². The van der Waals surface area contributed by atoms with E-state index in [-0.39, 0.29) is 19.1 Å². The number of aliphatic hydroxyl groups excluding tert-OH is 1. The maximum atomic E-state index is 11.7. The standard InChI is InChI=1S/C11H12ClNO3/c1-7(14)5-13-9-4-8(12)2-3-10(9)16-6-11(13)15/h2-4,7,14H,5-6H2,1H3. The Balaban J connectivity index is 2.38. The van der Waals surface area contributed by atoms with Gasteiger partial charge in [-0.2, -0.15) is 0 Å². The summed E-state index contributed by atoms with van der Waals surface area (Å²) in [6.45, 7) is 1.88. The molecule has 16 heavy (non-hydrogen) atoms. The molecule has 5 heteroatoms. The zero-order valence-corrected chi connectivity index (χ0v) is 9.57. The minimum atomic E-state index is -0.589. The molecule has 1 aliphatic heterocycles. The third-order valence-corrected chi connectivity index (χ3v) is 2.55. The van der Waals surface area contributed by atoms with Crippen LogP contribution in [0.4, 0.5) is 5.69 Å². The van der Waals surface area contributed by atoms with Crippen molar-refractivity contribution in [2.45, 2.75) is 13.0 Å². The molecule has 1 atom stereocenters. The van der Waals surface area contributed by atoms with Crippen molar-refractivity contribution in [1.82, 2.24) is 0 Å². The molecule has 1 unspecified atom stereocenters. The predicted octanol–water partition coefficient (Wildman–Crippen LogP) is 1.45. The zero-order valence-electron chi connectivity index (χ0n) is 8.81. The summed E-state index contributed by atoms with van der Waals surface area (Å²) in [4.78, 5) is 13.1. The van der Waals surface area contributed by atoms with Crippen LogP contribution in [0.1, 0.15) is 6.92 Å². The lowest BCUT2D eigenvalue weighted by Crippen LogP contribution is -2.42. The largest absolute Gasteiger partial charge is 0.482 e. The number of β-amino-alcohol motifs (C(OH)–C–C–N with tert-alkyl or cyclic N) is 1. The average Bonchev–Trinajstić information content (AvgIpc) is 2.22. The number of aliphatic hydroxyl groups is 1. The summed E-state index contributed by atoms with van der Waals surface area (Å²) in [6, 6.07) is 5.09. The smallest absolute Gasteiger partial charge is 0.265 e. The van der Waals surface area contributed by atoms with Crippen LogP contribution in [0.15, 0.2) is 18.2 Å². The normalized spacial score (nSPS) is 16.7. The maximum absolute atomic E-state index is 11.7. The van der Waals surface area contributed by atoms with Crippen molar-refractivity contribution in [2.75, 3.05) is 18.1 Å². The SMILES string of the molecule is CC(O)CN1C(=O)COc2ccc(Cl)cc21. The second kappa shape index (κ2) is 4.31. The highest BCUT2D eigenvalue weighted by Crippen LogP contribution is 2.34. The maximum Gasteiger partial charge on any atom is 0.265 e. The first-order valence-corrected chi connectivity index (χ1v) is 5.36. The van der Waals surface area contributed by atoms with Crippen molar-refractivity contribution < 1.29 is 14.6 Å². The predicted molar refractivity (Wildman–Crippen MR) is 61.0 cm³/mol. The molecule has 0 aromatic heterocycles. The first-order chi connectivity index (χ1) is 7.58. The number of ether oxygens (including phenoxy) is 1. The number of nitrogens with zero attached hydrogens (tertiary/aromatic N) is 1. The second-order valence-electron chi connectivity index (χ2n) is 3.75. The Hall–Kier alpha value is -1.26. The number of rotatable bonds is 2. The molecular formula is C11H12ClNO3. The van der Waals surface area contributed by atoms with Crippen LogP contribution < -0.4 is 9.64 Å². The second-order valence-corrected chi connectivity index (χ2v) is 4.19. The first kappa shape index (κ1) is 11.2. The molecule has 0 spiro atoms. The molecule has 0 radical (unpaired) electrons. The molecule has 1 aromatic rings. The highest BCUT2D eigenvalue weighted by Gasteiger charge is 2.26. The summed E-state index contributed by atoms with van der Waals surface area (Å²) >= 11 is 5.87. The van der Waals surface area contributed by atoms with E-state index in [9.17, 15) is 9.90 Å². The third-order valence-electron chi connectivity index (χ3n) is 2.31. The average molecular weight is 242 g/mol. The number of anilines is 1. The summed E-state index contributed by atoms with van der Waals surface area (Å²) < 4.78 is 5.27. The Bertz CT molecular complexity index is 420. The number of halogens is 1. The van der Waals surface area contributed by atoms with Gasteiger partial charge < -0.3 is 14.7 Å². The van der Waals surface area contributed by atoms with Gasteiger partial charge in [0.15, 0.2) is 6.61 Å². The van der Waals surface area contributed by atoms with Crippen LogP contribution in [0.2, 0.25) is 5.02 Å². The van der Waals surface area contributed by atoms with E-state index in [2.05, 4.69) is 0 Å². The Labute approximate surface area is 98.4 Å². The van der Waals surface area contributed by atoms with Crippen LogP contribution in [0.25, 0.3) is 0 Å². The number of hydrogen-bond acceptors (Lipinski definition) is 3. The van der Waals surface area contributed by atoms with E-state index in [1.807, 2.05) is 0 Å². The summed E-state index contributed by atoms with van der Waals surface area (Å²) in [5.41, 5.74) is 0.615. The summed E-state index contributed by atoms with van der Waals surface area (Å²) in [7, 11) is 0. The molecule has 86 valence electrons. The molecule has 0 saturated heterocycles. The lowest BCUT2D eigenvalue weighted by molar-refractivity contribution is -0.121. The van der Waals surface area contributed by atoms with Crippen LogP contribution >= 0.6 is 11.6 Å². The van der Waals surface area contributed by atoms with E-state index in [1.165, 1.54) is 4.90 Å². The Morgan fingerprint density at radius 1 is 1.62 bits per heavy atom. The highest BCUT2D eigenvalue weighted by molar-refractivity contribution is 6.31. The Morgan fingerprint density at radius 3 is 3.06 bits per heavy atom. The minimum absolute atomic E-state index is 0.00134.